The molecule has 128 valence electrons. The number of likely N-dealkylation sites (N-methyl/N-ethyl adjacent to an activating group) is 1. The first-order valence-electron chi connectivity index (χ1n) is 8.27. The molecule has 0 heterocycles. The summed E-state index contributed by atoms with van der Waals surface area (Å²) in [5.74, 6) is 2.62. The lowest BCUT2D eigenvalue weighted by atomic mass is 10.1. The molecule has 0 saturated heterocycles. The van der Waals surface area contributed by atoms with E-state index in [0.29, 0.717) is 0 Å². The minimum atomic E-state index is 0.741. The first-order valence-corrected chi connectivity index (χ1v) is 8.27. The Hall–Kier alpha value is -1.75. The summed E-state index contributed by atoms with van der Waals surface area (Å²) in [5.41, 5.74) is 2.35. The van der Waals surface area contributed by atoms with Crippen molar-refractivity contribution in [2.24, 2.45) is 10.9 Å². The van der Waals surface area contributed by atoms with Gasteiger partial charge in [0.05, 0.1) is 13.7 Å². The number of nitrogens with one attached hydrogen (secondary N) is 1. The van der Waals surface area contributed by atoms with Crippen molar-refractivity contribution in [3.63, 3.8) is 0 Å². The molecule has 23 heavy (non-hydrogen) atoms. The molecule has 1 aromatic carbocycles. The third-order valence-electron chi connectivity index (χ3n) is 4.10. The monoisotopic (exact) mass is 319 g/mol. The van der Waals surface area contributed by atoms with Gasteiger partial charge in [-0.3, -0.25) is 4.99 Å². The largest absolute Gasteiger partial charge is 0.496 e. The number of hydrogen-bond donors (Lipinski definition) is 1. The van der Waals surface area contributed by atoms with Gasteiger partial charge in [0, 0.05) is 33.8 Å². The summed E-state index contributed by atoms with van der Waals surface area (Å²) in [6.07, 6.45) is 2.67. The van der Waals surface area contributed by atoms with E-state index in [-0.39, 0.29) is 0 Å². The summed E-state index contributed by atoms with van der Waals surface area (Å²) in [7, 11) is 5.54. The Bertz CT molecular complexity index is 527. The molecule has 1 N–H and O–H groups in total. The topological polar surface area (TPSA) is 46.1 Å². The standard InChI is InChI=1S/C18H29N3O2/c1-14-11-16(7-8-17(14)22-4)12-20-18(19-2)21(3)9-10-23-13-15-5-6-15/h7-8,11,15H,5-6,9-10,12-13H2,1-4H3,(H,19,20). The Morgan fingerprint density at radius 1 is 1.39 bits per heavy atom. The Labute approximate surface area is 139 Å². The van der Waals surface area contributed by atoms with Crippen molar-refractivity contribution in [2.45, 2.75) is 26.3 Å². The number of benzene rings is 1. The molecule has 1 aromatic rings. The van der Waals surface area contributed by atoms with E-state index in [1.165, 1.54) is 18.4 Å². The van der Waals surface area contributed by atoms with Crippen molar-refractivity contribution in [2.75, 3.05) is 41.0 Å². The lowest BCUT2D eigenvalue weighted by molar-refractivity contribution is 0.115. The number of nitrogens with zero attached hydrogens (tertiary/aromatic N) is 2. The Morgan fingerprint density at radius 3 is 2.78 bits per heavy atom. The van der Waals surface area contributed by atoms with Gasteiger partial charge < -0.3 is 19.7 Å². The Balaban J connectivity index is 1.75. The minimum absolute atomic E-state index is 0.741. The molecule has 1 aliphatic rings. The van der Waals surface area contributed by atoms with Gasteiger partial charge in [0.15, 0.2) is 5.96 Å². The number of ether oxygens (including phenoxy) is 2. The van der Waals surface area contributed by atoms with Crippen molar-refractivity contribution in [1.82, 2.24) is 10.2 Å². The van der Waals surface area contributed by atoms with Crippen molar-refractivity contribution in [3.8, 4) is 5.75 Å². The highest BCUT2D eigenvalue weighted by molar-refractivity contribution is 5.79. The predicted molar refractivity (Wildman–Crippen MR) is 94.1 cm³/mol. The molecule has 0 amide bonds. The highest BCUT2D eigenvalue weighted by atomic mass is 16.5. The van der Waals surface area contributed by atoms with Crippen LogP contribution < -0.4 is 10.1 Å². The van der Waals surface area contributed by atoms with E-state index >= 15 is 0 Å². The van der Waals surface area contributed by atoms with Crippen LogP contribution >= 0.6 is 0 Å². The molecule has 1 aliphatic carbocycles. The molecule has 5 heteroatoms. The molecule has 0 radical (unpaired) electrons. The minimum Gasteiger partial charge on any atom is -0.496 e. The van der Waals surface area contributed by atoms with Crippen LogP contribution in [0.5, 0.6) is 5.75 Å². The Kier molecular flexibility index (Phi) is 6.71. The molecule has 0 bridgehead atoms. The molecular formula is C18H29N3O2. The van der Waals surface area contributed by atoms with E-state index in [1.54, 1.807) is 7.11 Å². The molecule has 5 nitrogen and oxygen atoms in total. The summed E-state index contributed by atoms with van der Waals surface area (Å²) in [4.78, 5) is 6.44. The number of guanidine groups is 1. The van der Waals surface area contributed by atoms with Crippen molar-refractivity contribution in [3.05, 3.63) is 29.3 Å². The van der Waals surface area contributed by atoms with Gasteiger partial charge >= 0.3 is 0 Å². The molecule has 0 atom stereocenters. The number of aryl methyl sites for hydroxylation is 1. The quantitative estimate of drug-likeness (QED) is 0.454. The van der Waals surface area contributed by atoms with Crippen LogP contribution in [-0.2, 0) is 11.3 Å². The summed E-state index contributed by atoms with van der Waals surface area (Å²) < 4.78 is 11.0. The van der Waals surface area contributed by atoms with Crippen LogP contribution in [0.1, 0.15) is 24.0 Å². The Morgan fingerprint density at radius 2 is 2.17 bits per heavy atom. The summed E-state index contributed by atoms with van der Waals surface area (Å²) >= 11 is 0. The van der Waals surface area contributed by atoms with Crippen molar-refractivity contribution in [1.29, 1.82) is 0 Å². The third kappa shape index (κ3) is 5.75. The van der Waals surface area contributed by atoms with Crippen LogP contribution in [0.15, 0.2) is 23.2 Å². The molecular weight excluding hydrogens is 290 g/mol. The van der Waals surface area contributed by atoms with Crippen LogP contribution in [-0.4, -0.2) is 51.8 Å². The molecule has 0 spiro atoms. The summed E-state index contributed by atoms with van der Waals surface area (Å²) in [5, 5.41) is 3.39. The maximum absolute atomic E-state index is 5.69. The fraction of sp³-hybridized carbons (Fsp3) is 0.611. The fourth-order valence-electron chi connectivity index (χ4n) is 2.46. The second-order valence-corrected chi connectivity index (χ2v) is 6.14. The van der Waals surface area contributed by atoms with E-state index in [2.05, 4.69) is 34.3 Å². The van der Waals surface area contributed by atoms with E-state index in [0.717, 1.165) is 49.5 Å². The smallest absolute Gasteiger partial charge is 0.193 e. The van der Waals surface area contributed by atoms with Gasteiger partial charge in [-0.05, 0) is 42.9 Å². The van der Waals surface area contributed by atoms with Crippen LogP contribution in [0.2, 0.25) is 0 Å². The highest BCUT2D eigenvalue weighted by Gasteiger charge is 2.21. The average molecular weight is 319 g/mol. The van der Waals surface area contributed by atoms with E-state index in [4.69, 9.17) is 9.47 Å². The van der Waals surface area contributed by atoms with Gasteiger partial charge in [-0.1, -0.05) is 12.1 Å². The third-order valence-corrected chi connectivity index (χ3v) is 4.10. The first kappa shape index (κ1) is 17.6. The van der Waals surface area contributed by atoms with E-state index in [1.807, 2.05) is 20.2 Å². The molecule has 2 rings (SSSR count). The van der Waals surface area contributed by atoms with Gasteiger partial charge in [-0.2, -0.15) is 0 Å². The van der Waals surface area contributed by atoms with E-state index in [9.17, 15) is 0 Å². The van der Waals surface area contributed by atoms with Crippen LogP contribution in [0.4, 0.5) is 0 Å². The fourth-order valence-corrected chi connectivity index (χ4v) is 2.46. The van der Waals surface area contributed by atoms with Gasteiger partial charge in [-0.25, -0.2) is 0 Å². The molecule has 0 unspecified atom stereocenters. The van der Waals surface area contributed by atoms with Gasteiger partial charge in [0.2, 0.25) is 0 Å². The maximum Gasteiger partial charge on any atom is 0.193 e. The molecule has 1 fully saturated rings. The second-order valence-electron chi connectivity index (χ2n) is 6.14. The number of hydrogen-bond acceptors (Lipinski definition) is 3. The van der Waals surface area contributed by atoms with Gasteiger partial charge in [0.1, 0.15) is 5.75 Å². The highest BCUT2D eigenvalue weighted by Crippen LogP contribution is 2.28. The molecule has 0 aromatic heterocycles. The van der Waals surface area contributed by atoms with Gasteiger partial charge in [0.25, 0.3) is 0 Å². The van der Waals surface area contributed by atoms with Crippen LogP contribution in [0.3, 0.4) is 0 Å². The summed E-state index contributed by atoms with van der Waals surface area (Å²) in [6.45, 7) is 5.29. The van der Waals surface area contributed by atoms with Crippen LogP contribution in [0.25, 0.3) is 0 Å². The first-order chi connectivity index (χ1) is 11.1. The van der Waals surface area contributed by atoms with Crippen molar-refractivity contribution < 1.29 is 9.47 Å². The zero-order chi connectivity index (χ0) is 16.7. The van der Waals surface area contributed by atoms with E-state index < -0.39 is 0 Å². The maximum atomic E-state index is 5.69. The van der Waals surface area contributed by atoms with Crippen LogP contribution in [0, 0.1) is 12.8 Å². The molecule has 1 saturated carbocycles. The normalized spacial score (nSPS) is 14.7. The zero-order valence-corrected chi connectivity index (χ0v) is 14.8. The predicted octanol–water partition coefficient (Wildman–Crippen LogP) is 2.44. The van der Waals surface area contributed by atoms with Gasteiger partial charge in [-0.15, -0.1) is 0 Å². The lowest BCUT2D eigenvalue weighted by Crippen LogP contribution is -2.40. The molecule has 0 aliphatic heterocycles. The average Bonchev–Trinajstić information content (AvgIpc) is 3.36. The number of rotatable bonds is 8. The SMILES string of the molecule is CN=C(NCc1ccc(OC)c(C)c1)N(C)CCOCC1CC1. The zero-order valence-electron chi connectivity index (χ0n) is 14.8. The number of aliphatic imine (C=N–C) groups is 1. The second kappa shape index (κ2) is 8.77. The van der Waals surface area contributed by atoms with Crippen molar-refractivity contribution >= 4 is 5.96 Å². The number of methoxy groups -OCH3 is 1. The summed E-state index contributed by atoms with van der Waals surface area (Å²) in [6, 6.07) is 6.22. The lowest BCUT2D eigenvalue weighted by Gasteiger charge is -2.22.